The Bertz CT molecular complexity index is 593. The molecule has 1 aromatic carbocycles. The third-order valence-corrected chi connectivity index (χ3v) is 2.73. The van der Waals surface area contributed by atoms with Crippen LogP contribution in [0.2, 0.25) is 0 Å². The van der Waals surface area contributed by atoms with Gasteiger partial charge in [0.1, 0.15) is 0 Å². The van der Waals surface area contributed by atoms with Crippen LogP contribution in [-0.2, 0) is 6.80 Å². The summed E-state index contributed by atoms with van der Waals surface area (Å²) in [6, 6.07) is 7.91. The van der Waals surface area contributed by atoms with E-state index in [9.17, 15) is 4.39 Å². The van der Waals surface area contributed by atoms with E-state index in [1.807, 2.05) is 50.3 Å². The Morgan fingerprint density at radius 1 is 1.20 bits per heavy atom. The summed E-state index contributed by atoms with van der Waals surface area (Å²) >= 11 is 0. The van der Waals surface area contributed by atoms with Crippen molar-refractivity contribution < 1.29 is 4.39 Å². The lowest BCUT2D eigenvalue weighted by Gasteiger charge is -1.97. The molecule has 0 spiro atoms. The molecule has 0 bridgehead atoms. The maximum atomic E-state index is 13.0. The minimum atomic E-state index is -0.478. The molecule has 0 aliphatic heterocycles. The zero-order valence-corrected chi connectivity index (χ0v) is 9.00. The summed E-state index contributed by atoms with van der Waals surface area (Å²) in [6.45, 7) is 3.44. The summed E-state index contributed by atoms with van der Waals surface area (Å²) < 4.78 is 14.7. The second kappa shape index (κ2) is 3.89. The van der Waals surface area contributed by atoms with E-state index in [1.54, 1.807) is 4.57 Å². The van der Waals surface area contributed by atoms with E-state index in [0.717, 1.165) is 21.5 Å². The van der Waals surface area contributed by atoms with Gasteiger partial charge >= 0.3 is 0 Å². The second-order valence-electron chi connectivity index (χ2n) is 3.44. The Morgan fingerprint density at radius 3 is 2.53 bits per heavy atom. The van der Waals surface area contributed by atoms with Crippen LogP contribution in [0.5, 0.6) is 0 Å². The number of halogens is 1. The van der Waals surface area contributed by atoms with E-state index in [2.05, 4.69) is 0 Å². The van der Waals surface area contributed by atoms with E-state index >= 15 is 0 Å². The smallest absolute Gasteiger partial charge is 0.166 e. The van der Waals surface area contributed by atoms with Gasteiger partial charge in [-0.05, 0) is 19.9 Å². The summed E-state index contributed by atoms with van der Waals surface area (Å²) in [5.41, 5.74) is 0.959. The molecule has 2 heteroatoms. The van der Waals surface area contributed by atoms with Crippen LogP contribution in [0, 0.1) is 0 Å². The molecule has 0 atom stereocenters. The van der Waals surface area contributed by atoms with Crippen LogP contribution < -0.4 is 10.6 Å². The Kier molecular flexibility index (Phi) is 2.58. The van der Waals surface area contributed by atoms with Crippen molar-refractivity contribution in [1.82, 2.24) is 4.57 Å². The van der Waals surface area contributed by atoms with Crippen molar-refractivity contribution in [1.29, 1.82) is 0 Å². The number of benzene rings is 1. The third kappa shape index (κ3) is 1.37. The van der Waals surface area contributed by atoms with Crippen LogP contribution >= 0.6 is 0 Å². The van der Waals surface area contributed by atoms with Crippen LogP contribution in [0.3, 0.4) is 0 Å². The Labute approximate surface area is 88.1 Å². The highest BCUT2D eigenvalue weighted by molar-refractivity contribution is 5.81. The van der Waals surface area contributed by atoms with E-state index in [0.29, 0.717) is 0 Å². The molecule has 1 heterocycles. The maximum Gasteiger partial charge on any atom is 0.166 e. The number of fused-ring (bicyclic) bond motifs is 1. The molecular weight excluding hydrogens is 189 g/mol. The van der Waals surface area contributed by atoms with E-state index in [-0.39, 0.29) is 0 Å². The first-order valence-electron chi connectivity index (χ1n) is 5.09. The molecular formula is C13H14FN. The number of hydrogen-bond donors (Lipinski definition) is 0. The van der Waals surface area contributed by atoms with Gasteiger partial charge < -0.3 is 4.57 Å². The Morgan fingerprint density at radius 2 is 1.93 bits per heavy atom. The molecule has 0 saturated carbocycles. The predicted octanol–water partition coefficient (Wildman–Crippen LogP) is 2.17. The van der Waals surface area contributed by atoms with Gasteiger partial charge in [-0.2, -0.15) is 0 Å². The van der Waals surface area contributed by atoms with Gasteiger partial charge in [0.25, 0.3) is 0 Å². The van der Waals surface area contributed by atoms with E-state index < -0.39 is 6.80 Å². The van der Waals surface area contributed by atoms with Crippen LogP contribution in [-0.4, -0.2) is 4.57 Å². The molecule has 0 aliphatic carbocycles. The fourth-order valence-electron chi connectivity index (χ4n) is 2.09. The van der Waals surface area contributed by atoms with Crippen LogP contribution in [0.15, 0.2) is 24.3 Å². The minimum Gasteiger partial charge on any atom is -0.312 e. The topological polar surface area (TPSA) is 4.93 Å². The molecule has 0 unspecified atom stereocenters. The molecule has 0 fully saturated rings. The lowest BCUT2D eigenvalue weighted by molar-refractivity contribution is 0.380. The second-order valence-corrected chi connectivity index (χ2v) is 3.44. The highest BCUT2D eigenvalue weighted by atomic mass is 19.1. The molecule has 0 N–H and O–H groups in total. The molecule has 0 saturated heterocycles. The van der Waals surface area contributed by atoms with Gasteiger partial charge in [-0.3, -0.25) is 0 Å². The van der Waals surface area contributed by atoms with Crippen LogP contribution in [0.1, 0.15) is 13.8 Å². The highest BCUT2D eigenvalue weighted by Gasteiger charge is 2.04. The number of aromatic nitrogens is 1. The molecule has 2 rings (SSSR count). The van der Waals surface area contributed by atoms with E-state index in [4.69, 9.17) is 0 Å². The van der Waals surface area contributed by atoms with Gasteiger partial charge in [0.2, 0.25) is 0 Å². The van der Waals surface area contributed by atoms with Crippen LogP contribution in [0.25, 0.3) is 23.1 Å². The van der Waals surface area contributed by atoms with Gasteiger partial charge in [0, 0.05) is 16.0 Å². The number of rotatable bonds is 1. The average molecular weight is 203 g/mol. The first-order chi connectivity index (χ1) is 7.33. The standard InChI is InChI=1S/C13H14FN/c1-3-10-11-7-5-6-8-13(11)15(9-14)12(10)4-2/h3-8H,9H2,1-2H3/b10-3-,12-4+. The zero-order valence-electron chi connectivity index (χ0n) is 9.00. The fraction of sp³-hybridized carbons (Fsp3) is 0.231. The number of alkyl halides is 1. The summed E-state index contributed by atoms with van der Waals surface area (Å²) in [7, 11) is 0. The Balaban J connectivity index is 3.11. The van der Waals surface area contributed by atoms with Crippen molar-refractivity contribution in [2.45, 2.75) is 20.6 Å². The van der Waals surface area contributed by atoms with E-state index in [1.165, 1.54) is 0 Å². The minimum absolute atomic E-state index is 0.478. The van der Waals surface area contributed by atoms with Crippen molar-refractivity contribution in [3.63, 3.8) is 0 Å². The third-order valence-electron chi connectivity index (χ3n) is 2.73. The fourth-order valence-corrected chi connectivity index (χ4v) is 2.09. The lowest BCUT2D eigenvalue weighted by atomic mass is 10.2. The van der Waals surface area contributed by atoms with Gasteiger partial charge in [-0.15, -0.1) is 0 Å². The van der Waals surface area contributed by atoms with Crippen molar-refractivity contribution in [2.75, 3.05) is 0 Å². The normalized spacial score (nSPS) is 14.1. The molecule has 1 aromatic heterocycles. The average Bonchev–Trinajstić information content (AvgIpc) is 2.61. The number of hydrogen-bond acceptors (Lipinski definition) is 0. The number of nitrogens with zero attached hydrogens (tertiary/aromatic N) is 1. The first-order valence-corrected chi connectivity index (χ1v) is 5.09. The van der Waals surface area contributed by atoms with Crippen molar-refractivity contribution in [2.24, 2.45) is 0 Å². The summed E-state index contributed by atoms with van der Waals surface area (Å²) in [4.78, 5) is 0. The van der Waals surface area contributed by atoms with Crippen LogP contribution in [0.4, 0.5) is 4.39 Å². The quantitative estimate of drug-likeness (QED) is 0.669. The zero-order chi connectivity index (χ0) is 10.8. The molecule has 0 radical (unpaired) electrons. The summed E-state index contributed by atoms with van der Waals surface area (Å²) in [5, 5.41) is 3.19. The molecule has 0 amide bonds. The number of para-hydroxylation sites is 1. The van der Waals surface area contributed by atoms with Gasteiger partial charge in [0.05, 0.1) is 5.52 Å². The molecule has 78 valence electrons. The summed E-state index contributed by atoms with van der Waals surface area (Å²) in [5.74, 6) is 0. The SMILES string of the molecule is C/C=c1\c(=C/C)n(CF)c2ccccc12. The predicted molar refractivity (Wildman–Crippen MR) is 62.6 cm³/mol. The van der Waals surface area contributed by atoms with Crippen molar-refractivity contribution >= 4 is 23.1 Å². The Hall–Kier alpha value is -1.57. The molecule has 0 aliphatic rings. The maximum absolute atomic E-state index is 13.0. The molecule has 1 nitrogen and oxygen atoms in total. The summed E-state index contributed by atoms with van der Waals surface area (Å²) in [6.07, 6.45) is 3.98. The van der Waals surface area contributed by atoms with Crippen molar-refractivity contribution in [3.05, 3.63) is 34.8 Å². The van der Waals surface area contributed by atoms with Gasteiger partial charge in [-0.1, -0.05) is 30.4 Å². The highest BCUT2D eigenvalue weighted by Crippen LogP contribution is 2.08. The van der Waals surface area contributed by atoms with Gasteiger partial charge in [-0.25, -0.2) is 4.39 Å². The first kappa shape index (κ1) is 9.97. The molecule has 2 aromatic rings. The lowest BCUT2D eigenvalue weighted by Crippen LogP contribution is -2.27. The monoisotopic (exact) mass is 203 g/mol. The molecule has 15 heavy (non-hydrogen) atoms. The van der Waals surface area contributed by atoms with Gasteiger partial charge in [0.15, 0.2) is 6.80 Å². The van der Waals surface area contributed by atoms with Crippen molar-refractivity contribution in [3.8, 4) is 0 Å². The largest absolute Gasteiger partial charge is 0.312 e.